The number of nitrogens with zero attached hydrogens (tertiary/aromatic N) is 1. The van der Waals surface area contributed by atoms with Crippen molar-refractivity contribution < 1.29 is 18.4 Å². The minimum absolute atomic E-state index is 0.113. The summed E-state index contributed by atoms with van der Waals surface area (Å²) in [6.45, 7) is 1.40. The van der Waals surface area contributed by atoms with Gasteiger partial charge in [-0.25, -0.2) is 8.78 Å². The van der Waals surface area contributed by atoms with Gasteiger partial charge < -0.3 is 11.1 Å². The Morgan fingerprint density at radius 3 is 2.70 bits per heavy atom. The fourth-order valence-corrected chi connectivity index (χ4v) is 2.52. The molecule has 6 nitrogen and oxygen atoms in total. The molecule has 3 aromatic rings. The minimum Gasteiger partial charge on any atom is -0.368 e. The van der Waals surface area contributed by atoms with Crippen LogP contribution in [-0.4, -0.2) is 28.1 Å². The molecule has 0 saturated heterocycles. The third-order valence-electron chi connectivity index (χ3n) is 4.00. The normalized spacial score (nSPS) is 12.4. The summed E-state index contributed by atoms with van der Waals surface area (Å²) < 4.78 is 28.2. The Bertz CT molecular complexity index is 1060. The fraction of sp³-hybridized carbons (Fsp3) is 0.105. The maximum absolute atomic E-state index is 14.9. The van der Waals surface area contributed by atoms with E-state index >= 15 is 0 Å². The topological polar surface area (TPSA) is 101 Å². The van der Waals surface area contributed by atoms with Gasteiger partial charge in [0.1, 0.15) is 17.7 Å². The number of rotatable bonds is 5. The lowest BCUT2D eigenvalue weighted by Gasteiger charge is -2.11. The van der Waals surface area contributed by atoms with E-state index < -0.39 is 29.5 Å². The van der Waals surface area contributed by atoms with Crippen molar-refractivity contribution in [3.8, 4) is 0 Å². The molecule has 0 aliphatic rings. The van der Waals surface area contributed by atoms with Crippen LogP contribution >= 0.6 is 0 Å². The van der Waals surface area contributed by atoms with Gasteiger partial charge in [0.25, 0.3) is 5.91 Å². The van der Waals surface area contributed by atoms with Crippen molar-refractivity contribution in [3.05, 3.63) is 64.9 Å². The van der Waals surface area contributed by atoms with Gasteiger partial charge >= 0.3 is 0 Å². The van der Waals surface area contributed by atoms with Gasteiger partial charge in [-0.05, 0) is 42.8 Å². The maximum Gasteiger partial charge on any atom is 0.254 e. The van der Waals surface area contributed by atoms with Gasteiger partial charge in [0.15, 0.2) is 0 Å². The summed E-state index contributed by atoms with van der Waals surface area (Å²) in [5.41, 5.74) is 6.09. The Balaban J connectivity index is 1.96. The highest BCUT2D eigenvalue weighted by Crippen LogP contribution is 2.24. The average molecular weight is 370 g/mol. The second-order valence-electron chi connectivity index (χ2n) is 5.94. The van der Waals surface area contributed by atoms with E-state index in [1.807, 2.05) is 0 Å². The molecule has 4 N–H and O–H groups in total. The third-order valence-corrected chi connectivity index (χ3v) is 4.00. The largest absolute Gasteiger partial charge is 0.368 e. The van der Waals surface area contributed by atoms with E-state index in [2.05, 4.69) is 15.5 Å². The van der Waals surface area contributed by atoms with Gasteiger partial charge in [-0.1, -0.05) is 18.2 Å². The Labute approximate surface area is 153 Å². The molecule has 0 aliphatic carbocycles. The Morgan fingerprint density at radius 1 is 1.22 bits per heavy atom. The molecule has 0 radical (unpaired) electrons. The lowest BCUT2D eigenvalue weighted by Crippen LogP contribution is -2.42. The molecule has 138 valence electrons. The molecule has 0 aliphatic heterocycles. The lowest BCUT2D eigenvalue weighted by molar-refractivity contribution is -0.119. The molecule has 27 heavy (non-hydrogen) atoms. The van der Waals surface area contributed by atoms with Crippen molar-refractivity contribution >= 4 is 34.9 Å². The zero-order chi connectivity index (χ0) is 19.6. The van der Waals surface area contributed by atoms with Crippen LogP contribution < -0.4 is 11.1 Å². The summed E-state index contributed by atoms with van der Waals surface area (Å²) in [5.74, 6) is -2.67. The van der Waals surface area contributed by atoms with Gasteiger partial charge in [-0.3, -0.25) is 14.7 Å². The van der Waals surface area contributed by atoms with Crippen LogP contribution in [0.1, 0.15) is 28.5 Å². The predicted octanol–water partition coefficient (Wildman–Crippen LogP) is 2.62. The number of carbonyl (C=O) groups excluding carboxylic acids is 2. The van der Waals surface area contributed by atoms with Crippen molar-refractivity contribution in [2.45, 2.75) is 13.0 Å². The second-order valence-corrected chi connectivity index (χ2v) is 5.94. The molecular weight excluding hydrogens is 354 g/mol. The van der Waals surface area contributed by atoms with Crippen molar-refractivity contribution in [1.82, 2.24) is 15.5 Å². The second kappa shape index (κ2) is 7.36. The molecule has 0 spiro atoms. The molecule has 1 aromatic heterocycles. The molecule has 8 heteroatoms. The predicted molar refractivity (Wildman–Crippen MR) is 97.5 cm³/mol. The van der Waals surface area contributed by atoms with E-state index in [-0.39, 0.29) is 16.6 Å². The number of H-pyrrole nitrogens is 1. The number of halogens is 2. The zero-order valence-electron chi connectivity index (χ0n) is 14.3. The van der Waals surface area contributed by atoms with E-state index in [4.69, 9.17) is 5.73 Å². The number of nitrogens with one attached hydrogen (secondary N) is 2. The van der Waals surface area contributed by atoms with Crippen LogP contribution in [0.25, 0.3) is 23.1 Å². The van der Waals surface area contributed by atoms with Gasteiger partial charge in [-0.2, -0.15) is 5.10 Å². The first-order valence-electron chi connectivity index (χ1n) is 8.07. The Kier molecular flexibility index (Phi) is 4.98. The molecule has 3 rings (SSSR count). The van der Waals surface area contributed by atoms with Gasteiger partial charge in [0.05, 0.1) is 22.2 Å². The number of primary amides is 1. The Morgan fingerprint density at radius 2 is 2.00 bits per heavy atom. The molecule has 1 heterocycles. The van der Waals surface area contributed by atoms with E-state index in [0.717, 1.165) is 0 Å². The van der Waals surface area contributed by atoms with Crippen molar-refractivity contribution in [2.75, 3.05) is 0 Å². The molecular formula is C19H16F2N4O2. The number of aromatic amines is 1. The van der Waals surface area contributed by atoms with Crippen LogP contribution in [0.2, 0.25) is 0 Å². The number of nitrogens with two attached hydrogens (primary N) is 1. The first kappa shape index (κ1) is 18.2. The first-order chi connectivity index (χ1) is 12.9. The quantitative estimate of drug-likeness (QED) is 0.643. The third kappa shape index (κ3) is 3.84. The van der Waals surface area contributed by atoms with Crippen LogP contribution in [0.3, 0.4) is 0 Å². The molecule has 2 amide bonds. The van der Waals surface area contributed by atoms with Crippen LogP contribution in [0, 0.1) is 11.6 Å². The standard InChI is InChI=1S/C19H16F2N4O2/c1-10(18(22)26)23-19(27)13-6-8-15-16(17(13)21)14(24-25-15)7-5-11-3-2-4-12(20)9-11/h2-10H,1H3,(H2,22,26)(H,23,27)(H,24,25)/t10-/m0/s1. The highest BCUT2D eigenvalue weighted by atomic mass is 19.1. The number of amides is 2. The smallest absolute Gasteiger partial charge is 0.254 e. The van der Waals surface area contributed by atoms with Crippen LogP contribution in [-0.2, 0) is 4.79 Å². The highest BCUT2D eigenvalue weighted by Gasteiger charge is 2.20. The SMILES string of the molecule is C[C@H](NC(=O)c1ccc2[nH]nc(C=Cc3cccc(F)c3)c2c1F)C(N)=O. The Hall–Kier alpha value is -3.55. The van der Waals surface area contributed by atoms with E-state index in [1.54, 1.807) is 18.2 Å². The van der Waals surface area contributed by atoms with Gasteiger partial charge in [-0.15, -0.1) is 0 Å². The van der Waals surface area contributed by atoms with Crippen LogP contribution in [0.5, 0.6) is 0 Å². The number of benzene rings is 2. The number of hydrogen-bond donors (Lipinski definition) is 3. The summed E-state index contributed by atoms with van der Waals surface area (Å²) in [4.78, 5) is 23.3. The summed E-state index contributed by atoms with van der Waals surface area (Å²) >= 11 is 0. The molecule has 0 fully saturated rings. The van der Waals surface area contributed by atoms with Crippen molar-refractivity contribution in [3.63, 3.8) is 0 Å². The van der Waals surface area contributed by atoms with Crippen LogP contribution in [0.4, 0.5) is 8.78 Å². The summed E-state index contributed by atoms with van der Waals surface area (Å²) in [6, 6.07) is 7.75. The molecule has 0 unspecified atom stereocenters. The molecule has 1 atom stereocenters. The van der Waals surface area contributed by atoms with E-state index in [0.29, 0.717) is 11.1 Å². The van der Waals surface area contributed by atoms with Gasteiger partial charge in [0, 0.05) is 0 Å². The van der Waals surface area contributed by atoms with E-state index in [1.165, 1.54) is 37.3 Å². The maximum atomic E-state index is 14.9. The number of aromatic nitrogens is 2. The first-order valence-corrected chi connectivity index (χ1v) is 8.07. The fourth-order valence-electron chi connectivity index (χ4n) is 2.52. The van der Waals surface area contributed by atoms with Crippen molar-refractivity contribution in [2.24, 2.45) is 5.73 Å². The van der Waals surface area contributed by atoms with Gasteiger partial charge in [0.2, 0.25) is 5.91 Å². The molecule has 2 aromatic carbocycles. The van der Waals surface area contributed by atoms with Crippen LogP contribution in [0.15, 0.2) is 36.4 Å². The number of carbonyl (C=O) groups is 2. The lowest BCUT2D eigenvalue weighted by atomic mass is 10.1. The summed E-state index contributed by atoms with van der Waals surface area (Å²) in [7, 11) is 0. The number of fused-ring (bicyclic) bond motifs is 1. The monoisotopic (exact) mass is 370 g/mol. The summed E-state index contributed by atoms with van der Waals surface area (Å²) in [5, 5.41) is 9.16. The van der Waals surface area contributed by atoms with Crippen molar-refractivity contribution in [1.29, 1.82) is 0 Å². The average Bonchev–Trinajstić information content (AvgIpc) is 3.04. The highest BCUT2D eigenvalue weighted by molar-refractivity contribution is 6.02. The van der Waals surface area contributed by atoms with E-state index in [9.17, 15) is 18.4 Å². The number of hydrogen-bond acceptors (Lipinski definition) is 3. The minimum atomic E-state index is -0.940. The molecule has 0 saturated carbocycles. The molecule has 0 bridgehead atoms. The zero-order valence-corrected chi connectivity index (χ0v) is 14.3. The summed E-state index contributed by atoms with van der Waals surface area (Å²) in [6.07, 6.45) is 3.10.